The summed E-state index contributed by atoms with van der Waals surface area (Å²) < 4.78 is 10.0. The van der Waals surface area contributed by atoms with E-state index in [-0.39, 0.29) is 67.2 Å². The summed E-state index contributed by atoms with van der Waals surface area (Å²) in [7, 11) is 3.28. The Bertz CT molecular complexity index is 2750. The molecule has 4 heterocycles. The van der Waals surface area contributed by atoms with Gasteiger partial charge in [-0.05, 0) is 85.8 Å². The normalized spacial score (nSPS) is 10.8. The number of halogens is 2. The van der Waals surface area contributed by atoms with E-state index in [4.69, 9.17) is 33.0 Å². The fourth-order valence-electron chi connectivity index (χ4n) is 7.18. The number of hydrogen-bond donors (Lipinski definition) is 1. The summed E-state index contributed by atoms with van der Waals surface area (Å²) in [5, 5.41) is 11.3. The van der Waals surface area contributed by atoms with E-state index in [9.17, 15) is 24.0 Å². The summed E-state index contributed by atoms with van der Waals surface area (Å²) >= 11 is 12.4. The molecule has 0 saturated carbocycles. The molecule has 0 saturated heterocycles. The molecule has 0 aliphatic carbocycles. The van der Waals surface area contributed by atoms with E-state index >= 15 is 0 Å². The second kappa shape index (κ2) is 24.8. The monoisotopic (exact) mass is 900 g/mol. The van der Waals surface area contributed by atoms with Crippen LogP contribution in [-0.4, -0.2) is 64.0 Å². The van der Waals surface area contributed by atoms with Crippen molar-refractivity contribution >= 4 is 51.5 Å². The largest absolute Gasteiger partial charge is 1.00 e. The van der Waals surface area contributed by atoms with Crippen LogP contribution in [-0.2, 0) is 49.6 Å². The van der Waals surface area contributed by atoms with Crippen molar-refractivity contribution in [3.8, 4) is 22.5 Å². The third-order valence-corrected chi connectivity index (χ3v) is 10.9. The Morgan fingerprint density at radius 2 is 1.13 bits per heavy atom. The first-order valence-electron chi connectivity index (χ1n) is 20.1. The smallest absolute Gasteiger partial charge is 0.870 e. The summed E-state index contributed by atoms with van der Waals surface area (Å²) in [6.45, 7) is 9.26. The molecule has 0 amide bonds. The van der Waals surface area contributed by atoms with E-state index in [1.54, 1.807) is 38.6 Å². The van der Waals surface area contributed by atoms with Crippen molar-refractivity contribution in [3.63, 3.8) is 0 Å². The number of aryl methyl sites for hydroxylation is 4. The van der Waals surface area contributed by atoms with Crippen LogP contribution in [0.25, 0.3) is 44.3 Å². The molecular formula is C45H55Cl2LiN6O9. The van der Waals surface area contributed by atoms with Gasteiger partial charge in [0.2, 0.25) is 0 Å². The zero-order valence-corrected chi connectivity index (χ0v) is 38.4. The zero-order valence-electron chi connectivity index (χ0n) is 36.9. The van der Waals surface area contributed by atoms with Crippen LogP contribution in [0.5, 0.6) is 0 Å². The standard InChI is InChI=1S/C23H26ClN3O4.C22H26ClN3O3.Li.2H2O/c1-15(2)8-9-18-20-19(13-25-21(18)16-6-4-7-17(24)12-16)26(3)23(30)27(22(20)29)10-5-11-31-14-28;1-14(2)8-9-17-19-18(13-24-20(17)15-6-4-7-16(23)12-15)25(3)22(29)26(21(19)28)10-5-11-27;;;/h4,6-7,12-15H,5,8-11H2,1-3H3;4,6-7,12-14,27H,5,8-11H2,1-3H3;;2*1H2/q;;+1;;/p-1. The number of aliphatic hydroxyl groups excluding tert-OH is 1. The number of fused-ring (bicyclic) bond motifs is 2. The van der Waals surface area contributed by atoms with Crippen molar-refractivity contribution in [3.05, 3.63) is 124 Å². The molecule has 4 aromatic heterocycles. The number of benzene rings is 2. The number of rotatable bonds is 16. The van der Waals surface area contributed by atoms with Crippen molar-refractivity contribution in [1.82, 2.24) is 28.2 Å². The molecule has 0 aliphatic heterocycles. The Hall–Kier alpha value is -4.85. The first-order chi connectivity index (χ1) is 28.7. The van der Waals surface area contributed by atoms with Gasteiger partial charge in [-0.1, -0.05) is 75.2 Å². The number of hydrogen-bond acceptors (Lipinski definition) is 10. The summed E-state index contributed by atoms with van der Waals surface area (Å²) in [5.41, 5.74) is 4.23. The molecule has 0 bridgehead atoms. The van der Waals surface area contributed by atoms with Gasteiger partial charge in [0.15, 0.2) is 0 Å². The Balaban J connectivity index is 0.000000415. The third kappa shape index (κ3) is 12.7. The van der Waals surface area contributed by atoms with Gasteiger partial charge in [-0.3, -0.25) is 42.6 Å². The molecule has 0 fully saturated rings. The molecule has 15 nitrogen and oxygen atoms in total. The van der Waals surface area contributed by atoms with Gasteiger partial charge in [0.05, 0.1) is 52.2 Å². The third-order valence-electron chi connectivity index (χ3n) is 10.4. The van der Waals surface area contributed by atoms with Crippen LogP contribution in [0.3, 0.4) is 0 Å². The van der Waals surface area contributed by atoms with Crippen molar-refractivity contribution in [1.29, 1.82) is 0 Å². The maximum atomic E-state index is 13.5. The van der Waals surface area contributed by atoms with Crippen LogP contribution >= 0.6 is 23.2 Å². The minimum Gasteiger partial charge on any atom is -0.870 e. The molecule has 0 radical (unpaired) electrons. The zero-order chi connectivity index (χ0) is 43.7. The molecular weight excluding hydrogens is 846 g/mol. The van der Waals surface area contributed by atoms with Crippen LogP contribution in [0.1, 0.15) is 64.5 Å². The van der Waals surface area contributed by atoms with Gasteiger partial charge in [-0.25, -0.2) is 9.59 Å². The minimum atomic E-state index is -0.421. The number of aromatic nitrogens is 6. The molecule has 0 spiro atoms. The van der Waals surface area contributed by atoms with Gasteiger partial charge in [0, 0.05) is 55.0 Å². The fourth-order valence-corrected chi connectivity index (χ4v) is 7.56. The predicted molar refractivity (Wildman–Crippen MR) is 244 cm³/mol. The number of pyridine rings is 2. The number of ether oxygens (including phenoxy) is 1. The second-order valence-electron chi connectivity index (χ2n) is 15.6. The van der Waals surface area contributed by atoms with Gasteiger partial charge in [0.1, 0.15) is 0 Å². The van der Waals surface area contributed by atoms with E-state index in [0.29, 0.717) is 87.2 Å². The van der Waals surface area contributed by atoms with Crippen molar-refractivity contribution < 1.29 is 44.5 Å². The summed E-state index contributed by atoms with van der Waals surface area (Å²) in [6, 6.07) is 14.8. The molecule has 0 aliphatic rings. The van der Waals surface area contributed by atoms with Crippen LogP contribution in [0.4, 0.5) is 0 Å². The minimum absolute atomic E-state index is 0. The van der Waals surface area contributed by atoms with E-state index in [1.165, 1.54) is 18.3 Å². The second-order valence-corrected chi connectivity index (χ2v) is 16.4. The first-order valence-corrected chi connectivity index (χ1v) is 20.9. The number of carbonyl (C=O) groups excluding carboxylic acids is 1. The van der Waals surface area contributed by atoms with Gasteiger partial charge >= 0.3 is 30.2 Å². The summed E-state index contributed by atoms with van der Waals surface area (Å²) in [4.78, 5) is 71.9. The molecule has 2 aromatic carbocycles. The summed E-state index contributed by atoms with van der Waals surface area (Å²) in [6.07, 6.45) is 6.93. The average Bonchev–Trinajstić information content (AvgIpc) is 3.22. The SMILES string of the molecule is CC(C)CCc1c(-c2cccc(Cl)c2)ncc2c1c(=O)n(CCCO)c(=O)n2C.CC(C)CCc1c(-c2cccc(Cl)c2)ncc2c1c(=O)n(CCCOC=O)c(=O)n2C.O.[Li+].[OH-]. The van der Waals surface area contributed by atoms with Crippen molar-refractivity contribution in [2.24, 2.45) is 25.9 Å². The molecule has 0 atom stereocenters. The fraction of sp³-hybridized carbons (Fsp3) is 0.400. The first kappa shape index (κ1) is 54.3. The molecule has 4 N–H and O–H groups in total. The van der Waals surface area contributed by atoms with Gasteiger partial charge in [0.25, 0.3) is 17.6 Å². The van der Waals surface area contributed by atoms with E-state index in [2.05, 4.69) is 37.7 Å². The number of aliphatic hydroxyl groups is 1. The van der Waals surface area contributed by atoms with Crippen LogP contribution in [0, 0.1) is 11.8 Å². The maximum Gasteiger partial charge on any atom is 1.00 e. The van der Waals surface area contributed by atoms with Gasteiger partial charge < -0.3 is 20.8 Å². The predicted octanol–water partition coefficient (Wildman–Crippen LogP) is 2.96. The number of carbonyl (C=O) groups is 1. The molecule has 63 heavy (non-hydrogen) atoms. The Kier molecular flexibility index (Phi) is 21.4. The average molecular weight is 902 g/mol. The van der Waals surface area contributed by atoms with Gasteiger partial charge in [-0.2, -0.15) is 0 Å². The molecule has 18 heteroatoms. The van der Waals surface area contributed by atoms with Crippen LogP contribution in [0.15, 0.2) is 80.1 Å². The molecule has 334 valence electrons. The Labute approximate surface area is 387 Å². The van der Waals surface area contributed by atoms with Crippen molar-refractivity contribution in [2.45, 2.75) is 79.3 Å². The Morgan fingerprint density at radius 3 is 1.49 bits per heavy atom. The Morgan fingerprint density at radius 1 is 0.714 bits per heavy atom. The maximum absolute atomic E-state index is 13.5. The topological polar surface area (TPSA) is 222 Å². The quantitative estimate of drug-likeness (QED) is 0.0850. The molecule has 6 rings (SSSR count). The van der Waals surface area contributed by atoms with Gasteiger partial charge in [-0.15, -0.1) is 0 Å². The van der Waals surface area contributed by atoms with E-state index in [0.717, 1.165) is 35.1 Å². The van der Waals surface area contributed by atoms with Crippen molar-refractivity contribution in [2.75, 3.05) is 13.2 Å². The summed E-state index contributed by atoms with van der Waals surface area (Å²) in [5.74, 6) is 0.874. The van der Waals surface area contributed by atoms with Crippen LogP contribution in [0.2, 0.25) is 10.0 Å². The molecule has 6 aromatic rings. The number of nitrogens with zero attached hydrogens (tertiary/aromatic N) is 6. The van der Waals surface area contributed by atoms with E-state index in [1.807, 2.05) is 36.4 Å². The van der Waals surface area contributed by atoms with Crippen LogP contribution < -0.4 is 41.4 Å². The van der Waals surface area contributed by atoms with E-state index < -0.39 is 11.4 Å². The molecule has 0 unspecified atom stereocenters.